The second-order valence-electron chi connectivity index (χ2n) is 7.00. The van der Waals surface area contributed by atoms with Crippen LogP contribution in [0.15, 0.2) is 58.5 Å². The first kappa shape index (κ1) is 21.0. The van der Waals surface area contributed by atoms with Gasteiger partial charge in [0.2, 0.25) is 15.9 Å². The number of carbonyl (C=O) groups is 1. The van der Waals surface area contributed by atoms with E-state index in [2.05, 4.69) is 10.5 Å². The highest BCUT2D eigenvalue weighted by Gasteiger charge is 2.31. The number of hydrogen-bond donors (Lipinski definition) is 1. The molecule has 3 rings (SSSR count). The van der Waals surface area contributed by atoms with Crippen LogP contribution < -0.4 is 10.2 Å². The van der Waals surface area contributed by atoms with Crippen molar-refractivity contribution in [1.29, 1.82) is 0 Å². The third-order valence-electron chi connectivity index (χ3n) is 4.97. The van der Waals surface area contributed by atoms with E-state index in [1.807, 2.05) is 31.2 Å². The van der Waals surface area contributed by atoms with Gasteiger partial charge in [-0.1, -0.05) is 29.8 Å². The summed E-state index contributed by atoms with van der Waals surface area (Å²) in [6.07, 6.45) is 2.48. The van der Waals surface area contributed by atoms with Crippen LogP contribution in [0.2, 0.25) is 0 Å². The minimum absolute atomic E-state index is 0.198. The molecule has 8 heteroatoms. The monoisotopic (exact) mass is 415 g/mol. The van der Waals surface area contributed by atoms with E-state index in [0.29, 0.717) is 31.7 Å². The van der Waals surface area contributed by atoms with Crippen molar-refractivity contribution in [2.45, 2.75) is 24.7 Å². The van der Waals surface area contributed by atoms with E-state index in [0.717, 1.165) is 11.1 Å². The first-order valence-corrected chi connectivity index (χ1v) is 10.9. The summed E-state index contributed by atoms with van der Waals surface area (Å²) in [4.78, 5) is 12.6. The summed E-state index contributed by atoms with van der Waals surface area (Å²) in [5.74, 6) is 0.251. The van der Waals surface area contributed by atoms with E-state index in [-0.39, 0.29) is 16.7 Å². The molecular formula is C21H25N3O4S. The summed E-state index contributed by atoms with van der Waals surface area (Å²) in [6, 6.07) is 14.1. The lowest BCUT2D eigenvalue weighted by Crippen LogP contribution is -2.42. The Hall–Kier alpha value is -2.71. The summed E-state index contributed by atoms with van der Waals surface area (Å²) in [5.41, 5.74) is 4.37. The molecule has 0 unspecified atom stereocenters. The Morgan fingerprint density at radius 2 is 1.86 bits per heavy atom. The van der Waals surface area contributed by atoms with Crippen molar-refractivity contribution in [3.63, 3.8) is 0 Å². The number of rotatable bonds is 6. The number of nitrogens with zero attached hydrogens (tertiary/aromatic N) is 2. The van der Waals surface area contributed by atoms with E-state index in [4.69, 9.17) is 4.74 Å². The highest BCUT2D eigenvalue weighted by Crippen LogP contribution is 2.24. The fourth-order valence-electron chi connectivity index (χ4n) is 3.20. The maximum absolute atomic E-state index is 12.7. The molecule has 0 aromatic heterocycles. The van der Waals surface area contributed by atoms with Gasteiger partial charge >= 0.3 is 0 Å². The molecule has 1 fully saturated rings. The number of sulfonamides is 1. The van der Waals surface area contributed by atoms with Gasteiger partial charge in [0.25, 0.3) is 0 Å². The Morgan fingerprint density at radius 3 is 2.52 bits per heavy atom. The molecule has 0 aliphatic carbocycles. The third kappa shape index (κ3) is 5.21. The predicted molar refractivity (Wildman–Crippen MR) is 111 cm³/mol. The normalized spacial score (nSPS) is 16.1. The first-order valence-electron chi connectivity index (χ1n) is 9.44. The number of aryl methyl sites for hydroxylation is 1. The standard InChI is InChI=1S/C21H25N3O4S/c1-16-6-8-20(9-7-16)29(26,27)24-12-10-18(11-13-24)21(25)23-22-15-17-4-3-5-19(14-17)28-2/h3-9,14-15,18H,10-13H2,1-2H3,(H,23,25)/b22-15+. The average molecular weight is 416 g/mol. The minimum Gasteiger partial charge on any atom is -0.497 e. The number of carbonyl (C=O) groups excluding carboxylic acids is 1. The van der Waals surface area contributed by atoms with E-state index in [9.17, 15) is 13.2 Å². The van der Waals surface area contributed by atoms with Gasteiger partial charge < -0.3 is 4.74 Å². The number of nitrogens with one attached hydrogen (secondary N) is 1. The van der Waals surface area contributed by atoms with Crippen LogP contribution in [-0.2, 0) is 14.8 Å². The molecule has 1 aliphatic heterocycles. The second-order valence-corrected chi connectivity index (χ2v) is 8.94. The Kier molecular flexibility index (Phi) is 6.66. The molecule has 0 spiro atoms. The fourth-order valence-corrected chi connectivity index (χ4v) is 4.67. The van der Waals surface area contributed by atoms with Crippen LogP contribution in [-0.4, -0.2) is 45.0 Å². The molecule has 1 saturated heterocycles. The number of methoxy groups -OCH3 is 1. The molecule has 0 saturated carbocycles. The minimum atomic E-state index is -3.53. The van der Waals surface area contributed by atoms with Crippen molar-refractivity contribution in [1.82, 2.24) is 9.73 Å². The summed E-state index contributed by atoms with van der Waals surface area (Å²) in [5, 5.41) is 4.00. The smallest absolute Gasteiger partial charge is 0.243 e. The van der Waals surface area contributed by atoms with Gasteiger partial charge in [0.05, 0.1) is 18.2 Å². The molecular weight excluding hydrogens is 390 g/mol. The average Bonchev–Trinajstić information content (AvgIpc) is 2.74. The van der Waals surface area contributed by atoms with E-state index < -0.39 is 10.0 Å². The first-order chi connectivity index (χ1) is 13.9. The van der Waals surface area contributed by atoms with Gasteiger partial charge in [0, 0.05) is 19.0 Å². The molecule has 0 bridgehead atoms. The van der Waals surface area contributed by atoms with Gasteiger partial charge in [-0.25, -0.2) is 13.8 Å². The number of hydrogen-bond acceptors (Lipinski definition) is 5. The van der Waals surface area contributed by atoms with Crippen LogP contribution in [0.25, 0.3) is 0 Å². The van der Waals surface area contributed by atoms with Crippen LogP contribution in [0.5, 0.6) is 5.75 Å². The molecule has 1 heterocycles. The van der Waals surface area contributed by atoms with Crippen molar-refractivity contribution < 1.29 is 17.9 Å². The Balaban J connectivity index is 1.54. The summed E-state index contributed by atoms with van der Waals surface area (Å²) in [7, 11) is -1.94. The Morgan fingerprint density at radius 1 is 1.17 bits per heavy atom. The van der Waals surface area contributed by atoms with E-state index in [1.54, 1.807) is 37.6 Å². The van der Waals surface area contributed by atoms with Gasteiger partial charge in [0.15, 0.2) is 0 Å². The zero-order chi connectivity index (χ0) is 20.9. The van der Waals surface area contributed by atoms with Crippen molar-refractivity contribution in [3.8, 4) is 5.75 Å². The summed E-state index contributed by atoms with van der Waals surface area (Å²) >= 11 is 0. The quantitative estimate of drug-likeness (QED) is 0.580. The molecule has 154 valence electrons. The Bertz CT molecular complexity index is 979. The molecule has 0 radical (unpaired) electrons. The van der Waals surface area contributed by atoms with E-state index >= 15 is 0 Å². The number of benzene rings is 2. The molecule has 29 heavy (non-hydrogen) atoms. The van der Waals surface area contributed by atoms with Gasteiger partial charge in [0.1, 0.15) is 5.75 Å². The number of hydrazone groups is 1. The number of ether oxygens (including phenoxy) is 1. The predicted octanol–water partition coefficient (Wildman–Crippen LogP) is 2.55. The molecule has 1 amide bonds. The lowest BCUT2D eigenvalue weighted by Gasteiger charge is -2.30. The summed E-state index contributed by atoms with van der Waals surface area (Å²) < 4.78 is 32.1. The van der Waals surface area contributed by atoms with Crippen molar-refractivity contribution >= 4 is 22.1 Å². The SMILES string of the molecule is COc1cccc(/C=N/NC(=O)C2CCN(S(=O)(=O)c3ccc(C)cc3)CC2)c1. The lowest BCUT2D eigenvalue weighted by atomic mass is 9.98. The largest absolute Gasteiger partial charge is 0.497 e. The zero-order valence-electron chi connectivity index (χ0n) is 16.5. The maximum atomic E-state index is 12.7. The number of amides is 1. The zero-order valence-corrected chi connectivity index (χ0v) is 17.4. The summed E-state index contributed by atoms with van der Waals surface area (Å²) in [6.45, 7) is 2.54. The highest BCUT2D eigenvalue weighted by molar-refractivity contribution is 7.89. The lowest BCUT2D eigenvalue weighted by molar-refractivity contribution is -0.126. The van der Waals surface area contributed by atoms with Crippen molar-refractivity contribution in [3.05, 3.63) is 59.7 Å². The molecule has 1 N–H and O–H groups in total. The van der Waals surface area contributed by atoms with Crippen LogP contribution in [0.1, 0.15) is 24.0 Å². The van der Waals surface area contributed by atoms with Gasteiger partial charge in [-0.2, -0.15) is 9.41 Å². The van der Waals surface area contributed by atoms with Crippen molar-refractivity contribution in [2.24, 2.45) is 11.0 Å². The molecule has 2 aromatic rings. The molecule has 1 aliphatic rings. The van der Waals surface area contributed by atoms with Crippen LogP contribution in [0.4, 0.5) is 0 Å². The Labute approximate surface area is 171 Å². The second kappa shape index (κ2) is 9.19. The maximum Gasteiger partial charge on any atom is 0.243 e. The molecule has 0 atom stereocenters. The van der Waals surface area contributed by atoms with Crippen LogP contribution in [0.3, 0.4) is 0 Å². The topological polar surface area (TPSA) is 88.1 Å². The van der Waals surface area contributed by atoms with Gasteiger partial charge in [-0.3, -0.25) is 4.79 Å². The number of piperidine rings is 1. The fraction of sp³-hybridized carbons (Fsp3) is 0.333. The van der Waals surface area contributed by atoms with Gasteiger partial charge in [-0.15, -0.1) is 0 Å². The van der Waals surface area contributed by atoms with Crippen molar-refractivity contribution in [2.75, 3.05) is 20.2 Å². The molecule has 7 nitrogen and oxygen atoms in total. The highest BCUT2D eigenvalue weighted by atomic mass is 32.2. The third-order valence-corrected chi connectivity index (χ3v) is 6.88. The van der Waals surface area contributed by atoms with Crippen LogP contribution in [0, 0.1) is 12.8 Å². The van der Waals surface area contributed by atoms with Gasteiger partial charge in [-0.05, 0) is 49.6 Å². The molecule has 2 aromatic carbocycles. The van der Waals surface area contributed by atoms with Crippen LogP contribution >= 0.6 is 0 Å². The van der Waals surface area contributed by atoms with E-state index in [1.165, 1.54) is 4.31 Å².